The molecule has 5 atom stereocenters. The summed E-state index contributed by atoms with van der Waals surface area (Å²) in [7, 11) is 0. The predicted molar refractivity (Wildman–Crippen MR) is 48.4 cm³/mol. The Kier molecular flexibility index (Phi) is 1.56. The highest BCUT2D eigenvalue weighted by Crippen LogP contribution is 2.57. The Morgan fingerprint density at radius 2 is 2.00 bits per heavy atom. The summed E-state index contributed by atoms with van der Waals surface area (Å²) in [5.74, 6) is 1.49. The summed E-state index contributed by atoms with van der Waals surface area (Å²) in [6.45, 7) is 1.43. The summed E-state index contributed by atoms with van der Waals surface area (Å²) < 4.78 is 5.29. The highest BCUT2D eigenvalue weighted by atomic mass is 16.5. The normalized spacial score (nSPS) is 48.6. The van der Waals surface area contributed by atoms with Crippen molar-refractivity contribution < 1.29 is 14.3 Å². The third-order valence-electron chi connectivity index (χ3n) is 4.15. The van der Waals surface area contributed by atoms with Gasteiger partial charge >= 0.3 is 5.97 Å². The third kappa shape index (κ3) is 0.928. The van der Waals surface area contributed by atoms with Crippen molar-refractivity contribution in [3.05, 3.63) is 0 Å². The van der Waals surface area contributed by atoms with Gasteiger partial charge in [-0.25, -0.2) is 0 Å². The van der Waals surface area contributed by atoms with E-state index in [-0.39, 0.29) is 23.9 Å². The highest BCUT2D eigenvalue weighted by molar-refractivity contribution is 5.88. The number of hydrogen-bond acceptors (Lipinski definition) is 3. The van der Waals surface area contributed by atoms with Crippen LogP contribution in [0.4, 0.5) is 0 Å². The average molecular weight is 194 g/mol. The molecule has 76 valence electrons. The minimum absolute atomic E-state index is 0.0430. The molecule has 4 bridgehead atoms. The molecule has 3 nitrogen and oxygen atoms in total. The average Bonchev–Trinajstić information content (AvgIpc) is 2.52. The lowest BCUT2D eigenvalue weighted by molar-refractivity contribution is -0.152. The van der Waals surface area contributed by atoms with Crippen LogP contribution in [0, 0.1) is 23.7 Å². The molecule has 0 saturated heterocycles. The fourth-order valence-electron chi connectivity index (χ4n) is 3.77. The van der Waals surface area contributed by atoms with Crippen LogP contribution in [0.15, 0.2) is 0 Å². The SMILES string of the molecule is CC(=O)O[C@H]1[C@@H]2C[C@H]3C[C@@H]2C(=O)[C@@H]1C3. The number of ketones is 1. The number of Topliss-reactive ketones (excluding diaryl/α,β-unsaturated/α-hetero) is 1. The van der Waals surface area contributed by atoms with Crippen LogP contribution >= 0.6 is 0 Å². The third-order valence-corrected chi connectivity index (χ3v) is 4.15. The van der Waals surface area contributed by atoms with Crippen molar-refractivity contribution in [2.75, 3.05) is 0 Å². The molecule has 4 aliphatic carbocycles. The molecule has 0 unspecified atom stereocenters. The molecule has 0 aromatic heterocycles. The summed E-state index contributed by atoms with van der Waals surface area (Å²) in [5, 5.41) is 0. The van der Waals surface area contributed by atoms with Crippen molar-refractivity contribution in [3.63, 3.8) is 0 Å². The zero-order valence-corrected chi connectivity index (χ0v) is 8.23. The van der Waals surface area contributed by atoms with Crippen molar-refractivity contribution in [2.45, 2.75) is 32.3 Å². The van der Waals surface area contributed by atoms with Gasteiger partial charge in [-0.3, -0.25) is 9.59 Å². The lowest BCUT2D eigenvalue weighted by Crippen LogP contribution is -2.34. The lowest BCUT2D eigenvalue weighted by atomic mass is 9.80. The molecule has 0 amide bonds. The van der Waals surface area contributed by atoms with Gasteiger partial charge in [0.2, 0.25) is 0 Å². The Hall–Kier alpha value is -0.860. The van der Waals surface area contributed by atoms with Crippen LogP contribution in [0.3, 0.4) is 0 Å². The Morgan fingerprint density at radius 3 is 2.64 bits per heavy atom. The van der Waals surface area contributed by atoms with Crippen LogP contribution in [0.2, 0.25) is 0 Å². The van der Waals surface area contributed by atoms with Crippen LogP contribution in [0.1, 0.15) is 26.2 Å². The minimum Gasteiger partial charge on any atom is -0.461 e. The summed E-state index contributed by atoms with van der Waals surface area (Å²) >= 11 is 0. The van der Waals surface area contributed by atoms with Gasteiger partial charge in [-0.2, -0.15) is 0 Å². The fraction of sp³-hybridized carbons (Fsp3) is 0.818. The number of rotatable bonds is 1. The van der Waals surface area contributed by atoms with E-state index in [1.54, 1.807) is 0 Å². The molecule has 0 aromatic carbocycles. The van der Waals surface area contributed by atoms with Crippen molar-refractivity contribution in [1.82, 2.24) is 0 Å². The number of ether oxygens (including phenoxy) is 1. The number of esters is 1. The number of carbonyl (C=O) groups is 2. The van der Waals surface area contributed by atoms with E-state index in [2.05, 4.69) is 0 Å². The largest absolute Gasteiger partial charge is 0.461 e. The van der Waals surface area contributed by atoms with Crippen LogP contribution in [0.25, 0.3) is 0 Å². The van der Waals surface area contributed by atoms with Gasteiger partial charge in [0, 0.05) is 18.8 Å². The van der Waals surface area contributed by atoms with E-state index in [0.29, 0.717) is 11.7 Å². The molecular weight excluding hydrogens is 180 g/mol. The van der Waals surface area contributed by atoms with Crippen LogP contribution < -0.4 is 0 Å². The van der Waals surface area contributed by atoms with Gasteiger partial charge < -0.3 is 4.74 Å². The van der Waals surface area contributed by atoms with Crippen molar-refractivity contribution in [1.29, 1.82) is 0 Å². The molecule has 14 heavy (non-hydrogen) atoms. The summed E-state index contributed by atoms with van der Waals surface area (Å²) in [6.07, 6.45) is 3.04. The molecule has 4 fully saturated rings. The Bertz CT molecular complexity index is 310. The van der Waals surface area contributed by atoms with E-state index in [9.17, 15) is 9.59 Å². The number of hydrogen-bond donors (Lipinski definition) is 0. The lowest BCUT2D eigenvalue weighted by Gasteiger charge is -2.30. The molecule has 0 spiro atoms. The summed E-state index contributed by atoms with van der Waals surface area (Å²) in [6, 6.07) is 0. The Balaban J connectivity index is 1.88. The standard InChI is InChI=1S/C11H14O3/c1-5(12)14-11-8-3-6-2-7(8)10(13)9(11)4-6/h6-9,11H,2-4H2,1H3/t6-,7+,8-,9+,11+/m1/s1. The fourth-order valence-corrected chi connectivity index (χ4v) is 3.77. The maximum absolute atomic E-state index is 11.8. The van der Waals surface area contributed by atoms with Gasteiger partial charge in [-0.1, -0.05) is 0 Å². The predicted octanol–water partition coefficient (Wildman–Crippen LogP) is 1.16. The first-order valence-electron chi connectivity index (χ1n) is 5.37. The van der Waals surface area contributed by atoms with Gasteiger partial charge in [-0.05, 0) is 25.2 Å². The second-order valence-electron chi connectivity index (χ2n) is 4.93. The number of carbonyl (C=O) groups excluding carboxylic acids is 2. The van der Waals surface area contributed by atoms with Crippen LogP contribution in [-0.4, -0.2) is 17.9 Å². The van der Waals surface area contributed by atoms with E-state index in [1.807, 2.05) is 0 Å². The monoisotopic (exact) mass is 194 g/mol. The minimum atomic E-state index is -0.237. The Morgan fingerprint density at radius 1 is 1.29 bits per heavy atom. The van der Waals surface area contributed by atoms with E-state index >= 15 is 0 Å². The van der Waals surface area contributed by atoms with Crippen molar-refractivity contribution in [2.24, 2.45) is 23.7 Å². The summed E-state index contributed by atoms with van der Waals surface area (Å²) in [5.41, 5.74) is 0. The quantitative estimate of drug-likeness (QED) is 0.588. The van der Waals surface area contributed by atoms with E-state index in [4.69, 9.17) is 4.74 Å². The van der Waals surface area contributed by atoms with E-state index < -0.39 is 0 Å². The smallest absolute Gasteiger partial charge is 0.302 e. The Labute approximate surface area is 82.8 Å². The van der Waals surface area contributed by atoms with Crippen molar-refractivity contribution >= 4 is 11.8 Å². The summed E-state index contributed by atoms with van der Waals surface area (Å²) in [4.78, 5) is 22.7. The molecule has 0 heterocycles. The first-order valence-corrected chi connectivity index (χ1v) is 5.37. The zero-order valence-electron chi connectivity index (χ0n) is 8.23. The van der Waals surface area contributed by atoms with Gasteiger partial charge in [0.05, 0.1) is 5.92 Å². The molecule has 0 aliphatic heterocycles. The molecule has 4 saturated carbocycles. The molecular formula is C11H14O3. The first-order chi connectivity index (χ1) is 6.66. The van der Waals surface area contributed by atoms with E-state index in [0.717, 1.165) is 25.2 Å². The molecule has 4 rings (SSSR count). The van der Waals surface area contributed by atoms with Gasteiger partial charge in [0.15, 0.2) is 0 Å². The van der Waals surface area contributed by atoms with Crippen molar-refractivity contribution in [3.8, 4) is 0 Å². The van der Waals surface area contributed by atoms with Gasteiger partial charge in [0.25, 0.3) is 0 Å². The molecule has 3 heteroatoms. The first kappa shape index (κ1) is 8.45. The van der Waals surface area contributed by atoms with Crippen LogP contribution in [-0.2, 0) is 14.3 Å². The van der Waals surface area contributed by atoms with Gasteiger partial charge in [-0.15, -0.1) is 0 Å². The van der Waals surface area contributed by atoms with E-state index in [1.165, 1.54) is 6.92 Å². The van der Waals surface area contributed by atoms with Gasteiger partial charge in [0.1, 0.15) is 11.9 Å². The topological polar surface area (TPSA) is 43.4 Å². The second-order valence-corrected chi connectivity index (χ2v) is 4.93. The molecule has 0 radical (unpaired) electrons. The zero-order chi connectivity index (χ0) is 9.87. The molecule has 0 N–H and O–H groups in total. The maximum atomic E-state index is 11.8. The molecule has 4 aliphatic rings. The maximum Gasteiger partial charge on any atom is 0.302 e. The second kappa shape index (κ2) is 2.59. The highest BCUT2D eigenvalue weighted by Gasteiger charge is 2.60. The van der Waals surface area contributed by atoms with Crippen LogP contribution in [0.5, 0.6) is 0 Å². The molecule has 0 aromatic rings.